The van der Waals surface area contributed by atoms with Crippen LogP contribution in [0.4, 0.5) is 5.82 Å². The molecule has 0 unspecified atom stereocenters. The Labute approximate surface area is 103 Å². The molecule has 0 radical (unpaired) electrons. The van der Waals surface area contributed by atoms with Crippen molar-refractivity contribution in [1.82, 2.24) is 4.98 Å². The van der Waals surface area contributed by atoms with E-state index in [0.29, 0.717) is 4.75 Å². The molecule has 0 spiro atoms. The number of hydrogen-bond acceptors (Lipinski definition) is 3. The zero-order chi connectivity index (χ0) is 12.0. The molecular weight excluding hydrogens is 216 g/mol. The SMILES string of the molecule is CCCNc1ccc(CSC(C)(C)C)cn1. The van der Waals surface area contributed by atoms with E-state index in [-0.39, 0.29) is 0 Å². The van der Waals surface area contributed by atoms with Crippen molar-refractivity contribution in [2.24, 2.45) is 0 Å². The average molecular weight is 238 g/mol. The monoisotopic (exact) mass is 238 g/mol. The summed E-state index contributed by atoms with van der Waals surface area (Å²) in [5.41, 5.74) is 1.29. The topological polar surface area (TPSA) is 24.9 Å². The molecule has 1 rings (SSSR count). The smallest absolute Gasteiger partial charge is 0.125 e. The Bertz CT molecular complexity index is 301. The maximum atomic E-state index is 4.39. The van der Waals surface area contributed by atoms with Gasteiger partial charge in [0.25, 0.3) is 0 Å². The van der Waals surface area contributed by atoms with Crippen LogP contribution in [0.25, 0.3) is 0 Å². The number of pyridine rings is 1. The van der Waals surface area contributed by atoms with E-state index in [1.807, 2.05) is 18.0 Å². The third-order valence-electron chi connectivity index (χ3n) is 2.05. The van der Waals surface area contributed by atoms with E-state index in [2.05, 4.69) is 50.1 Å². The first-order chi connectivity index (χ1) is 7.51. The van der Waals surface area contributed by atoms with Crippen LogP contribution >= 0.6 is 11.8 Å². The first kappa shape index (κ1) is 13.4. The van der Waals surface area contributed by atoms with Crippen LogP contribution in [0.3, 0.4) is 0 Å². The third kappa shape index (κ3) is 5.40. The number of thioether (sulfide) groups is 1. The van der Waals surface area contributed by atoms with Crippen molar-refractivity contribution < 1.29 is 0 Å². The highest BCUT2D eigenvalue weighted by molar-refractivity contribution is 7.99. The molecule has 3 heteroatoms. The van der Waals surface area contributed by atoms with E-state index in [0.717, 1.165) is 24.5 Å². The fourth-order valence-electron chi connectivity index (χ4n) is 1.17. The second-order valence-electron chi connectivity index (χ2n) is 4.88. The number of nitrogens with one attached hydrogen (secondary N) is 1. The van der Waals surface area contributed by atoms with Gasteiger partial charge >= 0.3 is 0 Å². The molecule has 0 saturated carbocycles. The van der Waals surface area contributed by atoms with Gasteiger partial charge in [-0.25, -0.2) is 4.98 Å². The van der Waals surface area contributed by atoms with Crippen molar-refractivity contribution in [1.29, 1.82) is 0 Å². The van der Waals surface area contributed by atoms with Crippen LogP contribution in [0.5, 0.6) is 0 Å². The largest absolute Gasteiger partial charge is 0.370 e. The molecule has 0 fully saturated rings. The summed E-state index contributed by atoms with van der Waals surface area (Å²) in [4.78, 5) is 4.39. The lowest BCUT2D eigenvalue weighted by atomic mass is 10.3. The van der Waals surface area contributed by atoms with Gasteiger partial charge in [-0.05, 0) is 18.1 Å². The average Bonchev–Trinajstić information content (AvgIpc) is 2.24. The lowest BCUT2D eigenvalue weighted by molar-refractivity contribution is 0.802. The van der Waals surface area contributed by atoms with Crippen LogP contribution in [0.15, 0.2) is 18.3 Å². The van der Waals surface area contributed by atoms with Gasteiger partial charge in [-0.15, -0.1) is 0 Å². The summed E-state index contributed by atoms with van der Waals surface area (Å²) in [5.74, 6) is 2.01. The van der Waals surface area contributed by atoms with Gasteiger partial charge in [0.1, 0.15) is 5.82 Å². The molecule has 0 aliphatic heterocycles. The van der Waals surface area contributed by atoms with E-state index < -0.39 is 0 Å². The molecule has 0 aliphatic carbocycles. The molecule has 0 aromatic carbocycles. The van der Waals surface area contributed by atoms with Crippen molar-refractivity contribution in [3.8, 4) is 0 Å². The van der Waals surface area contributed by atoms with Gasteiger partial charge < -0.3 is 5.32 Å². The lowest BCUT2D eigenvalue weighted by Crippen LogP contribution is -2.07. The van der Waals surface area contributed by atoms with Crippen molar-refractivity contribution in [2.75, 3.05) is 11.9 Å². The Morgan fingerprint density at radius 3 is 2.56 bits per heavy atom. The lowest BCUT2D eigenvalue weighted by Gasteiger charge is -2.17. The van der Waals surface area contributed by atoms with E-state index in [1.165, 1.54) is 5.56 Å². The van der Waals surface area contributed by atoms with Gasteiger partial charge in [0.05, 0.1) is 0 Å². The molecule has 1 N–H and O–H groups in total. The van der Waals surface area contributed by atoms with Crippen LogP contribution in [0.2, 0.25) is 0 Å². The zero-order valence-corrected chi connectivity index (χ0v) is 11.5. The number of anilines is 1. The molecule has 16 heavy (non-hydrogen) atoms. The standard InChI is InChI=1S/C13H22N2S/c1-5-8-14-12-7-6-11(9-15-12)10-16-13(2,3)4/h6-7,9H,5,8,10H2,1-4H3,(H,14,15). The molecule has 1 heterocycles. The van der Waals surface area contributed by atoms with Gasteiger partial charge in [0.15, 0.2) is 0 Å². The summed E-state index contributed by atoms with van der Waals surface area (Å²) in [6.07, 6.45) is 3.10. The minimum atomic E-state index is 0.319. The molecule has 1 aromatic rings. The molecule has 90 valence electrons. The minimum Gasteiger partial charge on any atom is -0.370 e. The normalized spacial score (nSPS) is 11.5. The summed E-state index contributed by atoms with van der Waals surface area (Å²) < 4.78 is 0.319. The molecular formula is C13H22N2S. The number of nitrogens with zero attached hydrogens (tertiary/aromatic N) is 1. The minimum absolute atomic E-state index is 0.319. The predicted molar refractivity (Wildman–Crippen MR) is 74.1 cm³/mol. The van der Waals surface area contributed by atoms with Crippen molar-refractivity contribution in [2.45, 2.75) is 44.6 Å². The molecule has 0 aliphatic rings. The third-order valence-corrected chi connectivity index (χ3v) is 3.40. The second kappa shape index (κ2) is 6.14. The summed E-state index contributed by atoms with van der Waals surface area (Å²) in [5, 5.41) is 3.28. The maximum absolute atomic E-state index is 4.39. The zero-order valence-electron chi connectivity index (χ0n) is 10.7. The highest BCUT2D eigenvalue weighted by atomic mass is 32.2. The van der Waals surface area contributed by atoms with Crippen LogP contribution in [0.1, 0.15) is 39.7 Å². The van der Waals surface area contributed by atoms with Crippen molar-refractivity contribution >= 4 is 17.6 Å². The Kier molecular flexibility index (Phi) is 5.13. The second-order valence-corrected chi connectivity index (χ2v) is 6.68. The molecule has 0 saturated heterocycles. The van der Waals surface area contributed by atoms with Crippen molar-refractivity contribution in [3.63, 3.8) is 0 Å². The highest BCUT2D eigenvalue weighted by Crippen LogP contribution is 2.26. The predicted octanol–water partition coefficient (Wildman–Crippen LogP) is 3.94. The van der Waals surface area contributed by atoms with Gasteiger partial charge in [0.2, 0.25) is 0 Å². The van der Waals surface area contributed by atoms with E-state index in [1.54, 1.807) is 0 Å². The highest BCUT2D eigenvalue weighted by Gasteiger charge is 2.10. The van der Waals surface area contributed by atoms with Gasteiger partial charge in [0, 0.05) is 23.2 Å². The quantitative estimate of drug-likeness (QED) is 0.841. The fraction of sp³-hybridized carbons (Fsp3) is 0.615. The molecule has 2 nitrogen and oxygen atoms in total. The summed E-state index contributed by atoms with van der Waals surface area (Å²) in [6, 6.07) is 4.22. The van der Waals surface area contributed by atoms with E-state index in [9.17, 15) is 0 Å². The van der Waals surface area contributed by atoms with Gasteiger partial charge in [-0.3, -0.25) is 0 Å². The summed E-state index contributed by atoms with van der Waals surface area (Å²) in [7, 11) is 0. The first-order valence-electron chi connectivity index (χ1n) is 5.84. The fourth-order valence-corrected chi connectivity index (χ4v) is 1.94. The Hall–Kier alpha value is -0.700. The number of rotatable bonds is 5. The molecule has 0 atom stereocenters. The molecule has 0 bridgehead atoms. The number of hydrogen-bond donors (Lipinski definition) is 1. The Morgan fingerprint density at radius 2 is 2.06 bits per heavy atom. The Morgan fingerprint density at radius 1 is 1.31 bits per heavy atom. The first-order valence-corrected chi connectivity index (χ1v) is 6.82. The van der Waals surface area contributed by atoms with E-state index in [4.69, 9.17) is 0 Å². The molecule has 0 amide bonds. The van der Waals surface area contributed by atoms with Crippen molar-refractivity contribution in [3.05, 3.63) is 23.9 Å². The maximum Gasteiger partial charge on any atom is 0.125 e. The van der Waals surface area contributed by atoms with Crippen LogP contribution < -0.4 is 5.32 Å². The van der Waals surface area contributed by atoms with Gasteiger partial charge in [-0.1, -0.05) is 33.8 Å². The number of aromatic nitrogens is 1. The summed E-state index contributed by atoms with van der Waals surface area (Å²) in [6.45, 7) is 9.86. The van der Waals surface area contributed by atoms with Crippen LogP contribution in [0, 0.1) is 0 Å². The molecule has 1 aromatic heterocycles. The Balaban J connectivity index is 2.45. The van der Waals surface area contributed by atoms with E-state index >= 15 is 0 Å². The van der Waals surface area contributed by atoms with Crippen LogP contribution in [-0.4, -0.2) is 16.3 Å². The summed E-state index contributed by atoms with van der Waals surface area (Å²) >= 11 is 1.95. The van der Waals surface area contributed by atoms with Crippen LogP contribution in [-0.2, 0) is 5.75 Å². The van der Waals surface area contributed by atoms with Gasteiger partial charge in [-0.2, -0.15) is 11.8 Å².